The van der Waals surface area contributed by atoms with Gasteiger partial charge in [-0.1, -0.05) is 23.7 Å². The minimum Gasteiger partial charge on any atom is -0.483 e. The molecule has 2 aliphatic rings. The van der Waals surface area contributed by atoms with Crippen LogP contribution in [0.3, 0.4) is 0 Å². The Morgan fingerprint density at radius 1 is 1.39 bits per heavy atom. The molecule has 0 bridgehead atoms. The zero-order chi connectivity index (χ0) is 22.4. The van der Waals surface area contributed by atoms with Gasteiger partial charge in [0.25, 0.3) is 6.47 Å². The maximum atomic E-state index is 13.1. The van der Waals surface area contributed by atoms with Crippen LogP contribution in [0, 0.1) is 5.92 Å². The molecule has 1 spiro atoms. The number of benzene rings is 1. The molecule has 1 atom stereocenters. The van der Waals surface area contributed by atoms with E-state index in [1.807, 2.05) is 12.1 Å². The van der Waals surface area contributed by atoms with Crippen LogP contribution in [-0.2, 0) is 30.5 Å². The van der Waals surface area contributed by atoms with Gasteiger partial charge in [0.15, 0.2) is 5.82 Å². The van der Waals surface area contributed by atoms with E-state index in [1.165, 1.54) is 0 Å². The lowest BCUT2D eigenvalue weighted by atomic mass is 9.85. The SMILES string of the molecule is COCc1[nH]nc(NC(=O)C2CC(=O)OC23CCCC3)c1-c1ccc(Cl)cc1.O=CO. The van der Waals surface area contributed by atoms with Gasteiger partial charge in [0.05, 0.1) is 24.6 Å². The number of carbonyl (C=O) groups is 3. The Morgan fingerprint density at radius 2 is 2.03 bits per heavy atom. The number of nitrogens with zero attached hydrogens (tertiary/aromatic N) is 1. The fraction of sp³-hybridized carbons (Fsp3) is 0.429. The largest absolute Gasteiger partial charge is 0.483 e. The number of carboxylic acid groups (broad SMARTS) is 1. The molecule has 1 saturated heterocycles. The van der Waals surface area contributed by atoms with Gasteiger partial charge < -0.3 is 19.9 Å². The van der Waals surface area contributed by atoms with Crippen LogP contribution in [0.5, 0.6) is 0 Å². The normalized spacial score (nSPS) is 18.9. The molecule has 1 unspecified atom stereocenters. The van der Waals surface area contributed by atoms with Crippen molar-refractivity contribution in [2.75, 3.05) is 12.4 Å². The first-order valence-corrected chi connectivity index (χ1v) is 10.2. The lowest BCUT2D eigenvalue weighted by molar-refractivity contribution is -0.149. The summed E-state index contributed by atoms with van der Waals surface area (Å²) in [7, 11) is 1.59. The minimum atomic E-state index is -0.659. The molecule has 31 heavy (non-hydrogen) atoms. The summed E-state index contributed by atoms with van der Waals surface area (Å²) in [5, 5.41) is 17.6. The molecule has 1 aromatic carbocycles. The highest BCUT2D eigenvalue weighted by Gasteiger charge is 2.54. The number of aromatic nitrogens is 2. The Balaban J connectivity index is 0.000000858. The molecule has 2 heterocycles. The molecule has 10 heteroatoms. The van der Waals surface area contributed by atoms with Crippen LogP contribution in [0.2, 0.25) is 5.02 Å². The Labute approximate surface area is 184 Å². The van der Waals surface area contributed by atoms with Gasteiger partial charge in [-0.2, -0.15) is 5.10 Å². The molecule has 1 aliphatic carbocycles. The summed E-state index contributed by atoms with van der Waals surface area (Å²) in [4.78, 5) is 33.4. The molecule has 1 amide bonds. The number of ether oxygens (including phenoxy) is 2. The molecule has 1 saturated carbocycles. The first-order chi connectivity index (χ1) is 14.9. The number of amides is 1. The van der Waals surface area contributed by atoms with Gasteiger partial charge in [0.1, 0.15) is 5.60 Å². The third-order valence-corrected chi connectivity index (χ3v) is 5.85. The van der Waals surface area contributed by atoms with Crippen molar-refractivity contribution >= 4 is 35.8 Å². The number of H-pyrrole nitrogens is 1. The zero-order valence-electron chi connectivity index (χ0n) is 17.0. The summed E-state index contributed by atoms with van der Waals surface area (Å²) in [5.74, 6) is -0.629. The van der Waals surface area contributed by atoms with Crippen molar-refractivity contribution in [2.24, 2.45) is 5.92 Å². The minimum absolute atomic E-state index is 0.109. The van der Waals surface area contributed by atoms with Crippen LogP contribution >= 0.6 is 11.6 Å². The van der Waals surface area contributed by atoms with Crippen LogP contribution in [-0.4, -0.2) is 46.4 Å². The van der Waals surface area contributed by atoms with Crippen LogP contribution in [0.15, 0.2) is 24.3 Å². The van der Waals surface area contributed by atoms with Crippen LogP contribution in [0.25, 0.3) is 11.1 Å². The molecule has 9 nitrogen and oxygen atoms in total. The molecule has 0 radical (unpaired) electrons. The third kappa shape index (κ3) is 4.88. The summed E-state index contributed by atoms with van der Waals surface area (Å²) in [6.45, 7) is 0.0653. The second-order valence-electron chi connectivity index (χ2n) is 7.46. The van der Waals surface area contributed by atoms with Crippen LogP contribution in [0.4, 0.5) is 5.82 Å². The van der Waals surface area contributed by atoms with E-state index in [1.54, 1.807) is 19.2 Å². The monoisotopic (exact) mass is 449 g/mol. The smallest absolute Gasteiger partial charge is 0.307 e. The second-order valence-corrected chi connectivity index (χ2v) is 7.90. The number of hydrogen-bond acceptors (Lipinski definition) is 6. The number of methoxy groups -OCH3 is 1. The number of halogens is 1. The number of carbonyl (C=O) groups excluding carboxylic acids is 2. The summed E-state index contributed by atoms with van der Waals surface area (Å²) in [6.07, 6.45) is 3.51. The van der Waals surface area contributed by atoms with Crippen molar-refractivity contribution in [1.29, 1.82) is 0 Å². The first-order valence-electron chi connectivity index (χ1n) is 9.86. The molecule has 166 valence electrons. The van der Waals surface area contributed by atoms with E-state index in [4.69, 9.17) is 31.0 Å². The number of hydrogen-bond donors (Lipinski definition) is 3. The number of rotatable bonds is 5. The van der Waals surface area contributed by atoms with E-state index in [9.17, 15) is 9.59 Å². The lowest BCUT2D eigenvalue weighted by Gasteiger charge is -2.27. The Bertz CT molecular complexity index is 937. The fourth-order valence-corrected chi connectivity index (χ4v) is 4.42. The number of anilines is 1. The maximum Gasteiger partial charge on any atom is 0.307 e. The number of aromatic amines is 1. The molecular formula is C21H24ClN3O6. The molecule has 2 aromatic rings. The average molecular weight is 450 g/mol. The van der Waals surface area contributed by atoms with Crippen molar-refractivity contribution in [1.82, 2.24) is 10.2 Å². The fourth-order valence-electron chi connectivity index (χ4n) is 4.30. The van der Waals surface area contributed by atoms with Crippen molar-refractivity contribution < 1.29 is 29.0 Å². The maximum absolute atomic E-state index is 13.1. The van der Waals surface area contributed by atoms with Gasteiger partial charge in [-0.25, -0.2) is 0 Å². The molecule has 2 fully saturated rings. The highest BCUT2D eigenvalue weighted by atomic mass is 35.5. The quantitative estimate of drug-likeness (QED) is 0.471. The second kappa shape index (κ2) is 9.93. The predicted molar refractivity (Wildman–Crippen MR) is 112 cm³/mol. The molecular weight excluding hydrogens is 426 g/mol. The topological polar surface area (TPSA) is 131 Å². The highest BCUT2D eigenvalue weighted by molar-refractivity contribution is 6.30. The van der Waals surface area contributed by atoms with Crippen LogP contribution < -0.4 is 5.32 Å². The summed E-state index contributed by atoms with van der Waals surface area (Å²) < 4.78 is 10.8. The van der Waals surface area contributed by atoms with Gasteiger partial charge in [-0.05, 0) is 43.4 Å². The molecule has 1 aromatic heterocycles. The molecule has 3 N–H and O–H groups in total. The molecule has 4 rings (SSSR count). The van der Waals surface area contributed by atoms with E-state index in [0.29, 0.717) is 17.4 Å². The van der Waals surface area contributed by atoms with Crippen molar-refractivity contribution in [3.05, 3.63) is 35.0 Å². The predicted octanol–water partition coefficient (Wildman–Crippen LogP) is 3.39. The van der Waals surface area contributed by atoms with E-state index in [-0.39, 0.29) is 24.8 Å². The number of esters is 1. The lowest BCUT2D eigenvalue weighted by Crippen LogP contribution is -2.39. The van der Waals surface area contributed by atoms with Crippen LogP contribution in [0.1, 0.15) is 37.8 Å². The summed E-state index contributed by atoms with van der Waals surface area (Å²) >= 11 is 6.00. The Morgan fingerprint density at radius 3 is 2.65 bits per heavy atom. The zero-order valence-corrected chi connectivity index (χ0v) is 17.8. The van der Waals surface area contributed by atoms with Gasteiger partial charge >= 0.3 is 5.97 Å². The van der Waals surface area contributed by atoms with Gasteiger partial charge in [-0.15, -0.1) is 0 Å². The van der Waals surface area contributed by atoms with Crippen molar-refractivity contribution in [3.8, 4) is 11.1 Å². The van der Waals surface area contributed by atoms with E-state index in [2.05, 4.69) is 15.5 Å². The average Bonchev–Trinajstić information content (AvgIpc) is 3.44. The van der Waals surface area contributed by atoms with E-state index < -0.39 is 11.5 Å². The highest BCUT2D eigenvalue weighted by Crippen LogP contribution is 2.46. The summed E-state index contributed by atoms with van der Waals surface area (Å²) in [6, 6.07) is 7.29. The van der Waals surface area contributed by atoms with Crippen molar-refractivity contribution in [3.63, 3.8) is 0 Å². The van der Waals surface area contributed by atoms with E-state index in [0.717, 1.165) is 42.5 Å². The molecule has 1 aliphatic heterocycles. The Kier molecular flexibility index (Phi) is 7.29. The van der Waals surface area contributed by atoms with E-state index >= 15 is 0 Å². The van der Waals surface area contributed by atoms with Crippen molar-refractivity contribution in [2.45, 2.75) is 44.3 Å². The standard InChI is InChI=1S/C20H22ClN3O4.CH2O2/c1-27-11-15-17(12-4-6-13(21)7-5-12)18(24-23-15)22-19(26)14-10-16(25)28-20(14)8-2-3-9-20;2-1-3/h4-7,14H,2-3,8-11H2,1H3,(H2,22,23,24,26);1H,(H,2,3). The summed E-state index contributed by atoms with van der Waals surface area (Å²) in [5.41, 5.74) is 1.69. The van der Waals surface area contributed by atoms with Gasteiger partial charge in [0.2, 0.25) is 5.91 Å². The Hall–Kier alpha value is -2.91. The third-order valence-electron chi connectivity index (χ3n) is 5.59. The van der Waals surface area contributed by atoms with Gasteiger partial charge in [-0.3, -0.25) is 19.5 Å². The first kappa shape index (κ1) is 22.8. The van der Waals surface area contributed by atoms with Gasteiger partial charge in [0, 0.05) is 17.7 Å². The number of nitrogens with one attached hydrogen (secondary N) is 2.